The van der Waals surface area contributed by atoms with Crippen molar-refractivity contribution in [1.82, 2.24) is 10.3 Å². The summed E-state index contributed by atoms with van der Waals surface area (Å²) in [6.07, 6.45) is 0.460. The van der Waals surface area contributed by atoms with Crippen LogP contribution in [-0.2, 0) is 4.79 Å². The van der Waals surface area contributed by atoms with Gasteiger partial charge >= 0.3 is 5.97 Å². The molecule has 0 saturated heterocycles. The van der Waals surface area contributed by atoms with E-state index in [-0.39, 0.29) is 12.3 Å². The Kier molecular flexibility index (Phi) is 5.05. The lowest BCUT2D eigenvalue weighted by Gasteiger charge is -2.02. The van der Waals surface area contributed by atoms with E-state index >= 15 is 0 Å². The normalized spacial score (nSPS) is 10.3. The Morgan fingerprint density at radius 2 is 2.10 bits per heavy atom. The third-order valence-corrected chi connectivity index (χ3v) is 3.84. The van der Waals surface area contributed by atoms with Crippen LogP contribution in [0.15, 0.2) is 29.6 Å². The summed E-state index contributed by atoms with van der Waals surface area (Å²) in [7, 11) is 0. The van der Waals surface area contributed by atoms with E-state index in [0.717, 1.165) is 16.1 Å². The molecule has 0 aliphatic carbocycles. The van der Waals surface area contributed by atoms with Crippen LogP contribution in [0.1, 0.15) is 28.9 Å². The summed E-state index contributed by atoms with van der Waals surface area (Å²) in [5, 5.41) is 13.7. The molecule has 0 aliphatic heterocycles. The number of rotatable bonds is 6. The number of aromatic nitrogens is 1. The Morgan fingerprint density at radius 1 is 1.33 bits per heavy atom. The first kappa shape index (κ1) is 15.2. The van der Waals surface area contributed by atoms with E-state index < -0.39 is 5.97 Å². The molecule has 0 bridgehead atoms. The Hall–Kier alpha value is -2.21. The fourth-order valence-electron chi connectivity index (χ4n) is 1.85. The zero-order valence-electron chi connectivity index (χ0n) is 11.6. The second-order valence-corrected chi connectivity index (χ2v) is 5.46. The van der Waals surface area contributed by atoms with Crippen molar-refractivity contribution in [1.29, 1.82) is 0 Å². The van der Waals surface area contributed by atoms with Crippen molar-refractivity contribution in [2.75, 3.05) is 6.54 Å². The Labute approximate surface area is 126 Å². The van der Waals surface area contributed by atoms with E-state index in [4.69, 9.17) is 5.11 Å². The molecular formula is C15H16N2O3S. The van der Waals surface area contributed by atoms with Crippen molar-refractivity contribution >= 4 is 23.2 Å². The highest BCUT2D eigenvalue weighted by Crippen LogP contribution is 2.26. The van der Waals surface area contributed by atoms with E-state index in [9.17, 15) is 9.59 Å². The quantitative estimate of drug-likeness (QED) is 0.804. The van der Waals surface area contributed by atoms with Crippen LogP contribution in [0.5, 0.6) is 0 Å². The lowest BCUT2D eigenvalue weighted by molar-refractivity contribution is -0.137. The van der Waals surface area contributed by atoms with E-state index in [1.165, 1.54) is 11.3 Å². The Bertz CT molecular complexity index is 652. The second-order valence-electron chi connectivity index (χ2n) is 4.61. The van der Waals surface area contributed by atoms with Crippen LogP contribution in [0.4, 0.5) is 0 Å². The number of nitrogens with one attached hydrogen (secondary N) is 1. The van der Waals surface area contributed by atoms with Gasteiger partial charge in [-0.05, 0) is 18.9 Å². The summed E-state index contributed by atoms with van der Waals surface area (Å²) in [5.74, 6) is -1.13. The van der Waals surface area contributed by atoms with Gasteiger partial charge in [0.25, 0.3) is 5.91 Å². The van der Waals surface area contributed by atoms with Gasteiger partial charge in [-0.3, -0.25) is 9.59 Å². The van der Waals surface area contributed by atoms with Gasteiger partial charge in [0.2, 0.25) is 0 Å². The van der Waals surface area contributed by atoms with Crippen molar-refractivity contribution in [2.45, 2.75) is 19.8 Å². The number of nitrogens with zero attached hydrogens (tertiary/aromatic N) is 1. The molecule has 1 aromatic heterocycles. The first-order valence-electron chi connectivity index (χ1n) is 6.59. The highest BCUT2D eigenvalue weighted by molar-refractivity contribution is 7.13. The van der Waals surface area contributed by atoms with Gasteiger partial charge in [-0.15, -0.1) is 11.3 Å². The first-order chi connectivity index (χ1) is 10.1. The van der Waals surface area contributed by atoms with Crippen LogP contribution in [0, 0.1) is 6.92 Å². The summed E-state index contributed by atoms with van der Waals surface area (Å²) < 4.78 is 0. The maximum atomic E-state index is 11.9. The Morgan fingerprint density at radius 3 is 2.81 bits per heavy atom. The molecule has 2 rings (SSSR count). The van der Waals surface area contributed by atoms with Crippen LogP contribution in [0.2, 0.25) is 0 Å². The molecule has 6 heteroatoms. The third-order valence-electron chi connectivity index (χ3n) is 2.97. The number of aryl methyl sites for hydroxylation is 1. The molecule has 1 amide bonds. The van der Waals surface area contributed by atoms with Crippen LogP contribution in [0.3, 0.4) is 0 Å². The molecule has 0 fully saturated rings. The number of aliphatic carboxylic acids is 1. The summed E-state index contributed by atoms with van der Waals surface area (Å²) in [5.41, 5.74) is 2.50. The lowest BCUT2D eigenvalue weighted by atomic mass is 10.1. The van der Waals surface area contributed by atoms with Crippen molar-refractivity contribution in [2.24, 2.45) is 0 Å². The highest BCUT2D eigenvalue weighted by atomic mass is 32.1. The van der Waals surface area contributed by atoms with Gasteiger partial charge < -0.3 is 10.4 Å². The molecule has 0 radical (unpaired) electrons. The molecule has 1 aromatic carbocycles. The zero-order chi connectivity index (χ0) is 15.2. The molecule has 0 spiro atoms. The fourth-order valence-corrected chi connectivity index (χ4v) is 2.74. The number of carboxylic acid groups (broad SMARTS) is 1. The number of carboxylic acids is 1. The number of amides is 1. The minimum absolute atomic E-state index is 0.0474. The Balaban J connectivity index is 1.98. The van der Waals surface area contributed by atoms with E-state index in [1.54, 1.807) is 5.38 Å². The minimum Gasteiger partial charge on any atom is -0.481 e. The average molecular weight is 304 g/mol. The van der Waals surface area contributed by atoms with Crippen LogP contribution >= 0.6 is 11.3 Å². The maximum absolute atomic E-state index is 11.9. The molecule has 5 nitrogen and oxygen atoms in total. The minimum atomic E-state index is -0.861. The first-order valence-corrected chi connectivity index (χ1v) is 7.47. The molecule has 0 aliphatic rings. The van der Waals surface area contributed by atoms with E-state index in [2.05, 4.69) is 10.3 Å². The average Bonchev–Trinajstić information content (AvgIpc) is 2.93. The molecule has 0 atom stereocenters. The monoisotopic (exact) mass is 304 g/mol. The van der Waals surface area contributed by atoms with E-state index in [0.29, 0.717) is 18.7 Å². The van der Waals surface area contributed by atoms with Crippen LogP contribution in [0.25, 0.3) is 10.6 Å². The summed E-state index contributed by atoms with van der Waals surface area (Å²) in [6.45, 7) is 2.34. The van der Waals surface area contributed by atoms with Crippen molar-refractivity contribution < 1.29 is 14.7 Å². The topological polar surface area (TPSA) is 79.3 Å². The number of hydrogen-bond donors (Lipinski definition) is 2. The van der Waals surface area contributed by atoms with Crippen LogP contribution < -0.4 is 5.32 Å². The van der Waals surface area contributed by atoms with Gasteiger partial charge in [0.1, 0.15) is 10.7 Å². The van der Waals surface area contributed by atoms with Crippen molar-refractivity contribution in [3.05, 3.63) is 40.9 Å². The highest BCUT2D eigenvalue weighted by Gasteiger charge is 2.12. The predicted molar refractivity (Wildman–Crippen MR) is 81.5 cm³/mol. The molecule has 2 aromatic rings. The number of benzene rings is 1. The molecule has 0 saturated carbocycles. The van der Waals surface area contributed by atoms with Gasteiger partial charge in [-0.1, -0.05) is 24.3 Å². The summed E-state index contributed by atoms with van der Waals surface area (Å²) in [4.78, 5) is 26.6. The number of carbonyl (C=O) groups is 2. The summed E-state index contributed by atoms with van der Waals surface area (Å²) >= 11 is 1.42. The number of thiazole rings is 1. The SMILES string of the molecule is Cc1ccccc1-c1nc(C(=O)NCCCC(=O)O)cs1. The molecular weight excluding hydrogens is 288 g/mol. The largest absolute Gasteiger partial charge is 0.481 e. The van der Waals surface area contributed by atoms with Gasteiger partial charge in [-0.2, -0.15) is 0 Å². The molecule has 0 unspecified atom stereocenters. The van der Waals surface area contributed by atoms with Crippen molar-refractivity contribution in [3.8, 4) is 10.6 Å². The third kappa shape index (κ3) is 4.13. The zero-order valence-corrected chi connectivity index (χ0v) is 12.4. The standard InChI is InChI=1S/C15H16N2O3S/c1-10-5-2-3-6-11(10)15-17-12(9-21-15)14(20)16-8-4-7-13(18)19/h2-3,5-6,9H,4,7-8H2,1H3,(H,16,20)(H,18,19). The molecule has 21 heavy (non-hydrogen) atoms. The smallest absolute Gasteiger partial charge is 0.303 e. The maximum Gasteiger partial charge on any atom is 0.303 e. The predicted octanol–water partition coefficient (Wildman–Crippen LogP) is 2.71. The van der Waals surface area contributed by atoms with Gasteiger partial charge in [-0.25, -0.2) is 4.98 Å². The van der Waals surface area contributed by atoms with Gasteiger partial charge in [0.15, 0.2) is 0 Å². The van der Waals surface area contributed by atoms with Crippen molar-refractivity contribution in [3.63, 3.8) is 0 Å². The van der Waals surface area contributed by atoms with Crippen LogP contribution in [-0.4, -0.2) is 28.5 Å². The van der Waals surface area contributed by atoms with Gasteiger partial charge in [0.05, 0.1) is 0 Å². The molecule has 2 N–H and O–H groups in total. The second kappa shape index (κ2) is 6.99. The molecule has 110 valence electrons. The van der Waals surface area contributed by atoms with Gasteiger partial charge in [0, 0.05) is 23.9 Å². The lowest BCUT2D eigenvalue weighted by Crippen LogP contribution is -2.25. The fraction of sp³-hybridized carbons (Fsp3) is 0.267. The van der Waals surface area contributed by atoms with E-state index in [1.807, 2.05) is 31.2 Å². The number of carbonyl (C=O) groups excluding carboxylic acids is 1. The summed E-state index contributed by atoms with van der Waals surface area (Å²) in [6, 6.07) is 7.88. The molecule has 1 heterocycles. The number of hydrogen-bond acceptors (Lipinski definition) is 4.